The standard InChI is InChI=1S/C12H28N2S/c1-11(7-10-15-5)14(4)9-6-8-12(2,3)13/h11H,6-10,13H2,1-5H3. The Balaban J connectivity index is 3.59. The number of thioether (sulfide) groups is 1. The average molecular weight is 232 g/mol. The van der Waals surface area contributed by atoms with Crippen molar-refractivity contribution in [2.24, 2.45) is 5.73 Å². The molecule has 3 heteroatoms. The van der Waals surface area contributed by atoms with Crippen molar-refractivity contribution in [3.63, 3.8) is 0 Å². The van der Waals surface area contributed by atoms with Crippen LogP contribution < -0.4 is 5.73 Å². The second-order valence-electron chi connectivity index (χ2n) is 5.20. The molecule has 2 N–H and O–H groups in total. The van der Waals surface area contributed by atoms with Gasteiger partial charge in [-0.1, -0.05) is 0 Å². The summed E-state index contributed by atoms with van der Waals surface area (Å²) < 4.78 is 0. The molecule has 0 aromatic heterocycles. The molecule has 1 unspecified atom stereocenters. The van der Waals surface area contributed by atoms with Crippen LogP contribution in [-0.4, -0.2) is 42.1 Å². The van der Waals surface area contributed by atoms with E-state index in [1.807, 2.05) is 11.8 Å². The molecule has 0 amide bonds. The number of rotatable bonds is 8. The maximum Gasteiger partial charge on any atom is 0.00975 e. The van der Waals surface area contributed by atoms with E-state index in [1.54, 1.807) is 0 Å². The Labute approximate surface area is 100.0 Å². The first-order chi connectivity index (χ1) is 6.87. The van der Waals surface area contributed by atoms with E-state index >= 15 is 0 Å². The summed E-state index contributed by atoms with van der Waals surface area (Å²) in [5, 5.41) is 0. The van der Waals surface area contributed by atoms with Crippen molar-refractivity contribution in [3.05, 3.63) is 0 Å². The van der Waals surface area contributed by atoms with Crippen LogP contribution in [0.3, 0.4) is 0 Å². The van der Waals surface area contributed by atoms with Crippen molar-refractivity contribution >= 4 is 11.8 Å². The number of nitrogens with zero attached hydrogens (tertiary/aromatic N) is 1. The van der Waals surface area contributed by atoms with Crippen molar-refractivity contribution in [2.75, 3.05) is 25.6 Å². The summed E-state index contributed by atoms with van der Waals surface area (Å²) in [7, 11) is 2.22. The van der Waals surface area contributed by atoms with Gasteiger partial charge in [-0.05, 0) is 65.6 Å². The quantitative estimate of drug-likeness (QED) is 0.697. The maximum atomic E-state index is 5.96. The lowest BCUT2D eigenvalue weighted by Crippen LogP contribution is -2.35. The SMILES string of the molecule is CSCCC(C)N(C)CCCC(C)(C)N. The molecule has 0 aliphatic heterocycles. The van der Waals surface area contributed by atoms with Gasteiger partial charge in [-0.15, -0.1) is 0 Å². The first kappa shape index (κ1) is 15.3. The summed E-state index contributed by atoms with van der Waals surface area (Å²) in [4.78, 5) is 2.45. The molecular weight excluding hydrogens is 204 g/mol. The summed E-state index contributed by atoms with van der Waals surface area (Å²) in [6.07, 6.45) is 5.75. The van der Waals surface area contributed by atoms with Crippen LogP contribution in [0.2, 0.25) is 0 Å². The van der Waals surface area contributed by atoms with Gasteiger partial charge in [0.1, 0.15) is 0 Å². The summed E-state index contributed by atoms with van der Waals surface area (Å²) >= 11 is 1.93. The van der Waals surface area contributed by atoms with Gasteiger partial charge in [0.25, 0.3) is 0 Å². The smallest absolute Gasteiger partial charge is 0.00975 e. The van der Waals surface area contributed by atoms with Crippen LogP contribution in [0, 0.1) is 0 Å². The van der Waals surface area contributed by atoms with Crippen molar-refractivity contribution in [3.8, 4) is 0 Å². The van der Waals surface area contributed by atoms with Crippen LogP contribution in [0.1, 0.15) is 40.0 Å². The molecule has 0 aromatic carbocycles. The molecule has 0 saturated carbocycles. The molecule has 0 heterocycles. The predicted octanol–water partition coefficient (Wildman–Crippen LogP) is 2.58. The van der Waals surface area contributed by atoms with Gasteiger partial charge in [-0.3, -0.25) is 0 Å². The Morgan fingerprint density at radius 1 is 1.40 bits per heavy atom. The lowest BCUT2D eigenvalue weighted by atomic mass is 10.00. The minimum absolute atomic E-state index is 0.0106. The molecule has 0 aliphatic rings. The number of nitrogens with two attached hydrogens (primary N) is 1. The van der Waals surface area contributed by atoms with Gasteiger partial charge in [0.15, 0.2) is 0 Å². The molecule has 0 aliphatic carbocycles. The van der Waals surface area contributed by atoms with E-state index in [1.165, 1.54) is 18.6 Å². The molecule has 2 nitrogen and oxygen atoms in total. The third-order valence-corrected chi connectivity index (χ3v) is 3.47. The zero-order valence-corrected chi connectivity index (χ0v) is 11.9. The first-order valence-corrected chi connectivity index (χ1v) is 7.24. The lowest BCUT2D eigenvalue weighted by Gasteiger charge is -2.26. The van der Waals surface area contributed by atoms with E-state index in [0.717, 1.165) is 13.0 Å². The summed E-state index contributed by atoms with van der Waals surface area (Å²) in [6, 6.07) is 0.693. The van der Waals surface area contributed by atoms with Gasteiger partial charge in [-0.25, -0.2) is 0 Å². The van der Waals surface area contributed by atoms with Crippen LogP contribution in [0.4, 0.5) is 0 Å². The summed E-state index contributed by atoms with van der Waals surface area (Å²) in [5.41, 5.74) is 5.95. The van der Waals surface area contributed by atoms with E-state index in [2.05, 4.69) is 39.0 Å². The van der Waals surface area contributed by atoms with Gasteiger partial charge in [0, 0.05) is 11.6 Å². The molecule has 0 fully saturated rings. The zero-order valence-electron chi connectivity index (χ0n) is 11.0. The molecule has 92 valence electrons. The van der Waals surface area contributed by atoms with E-state index < -0.39 is 0 Å². The molecule has 15 heavy (non-hydrogen) atoms. The highest BCUT2D eigenvalue weighted by Crippen LogP contribution is 2.10. The van der Waals surface area contributed by atoms with Gasteiger partial charge in [-0.2, -0.15) is 11.8 Å². The first-order valence-electron chi connectivity index (χ1n) is 5.85. The lowest BCUT2D eigenvalue weighted by molar-refractivity contribution is 0.241. The van der Waals surface area contributed by atoms with Crippen molar-refractivity contribution in [1.29, 1.82) is 0 Å². The van der Waals surface area contributed by atoms with Crippen LogP contribution >= 0.6 is 11.8 Å². The van der Waals surface area contributed by atoms with Gasteiger partial charge in [0.2, 0.25) is 0 Å². The van der Waals surface area contributed by atoms with Crippen molar-refractivity contribution in [2.45, 2.75) is 51.6 Å². The molecule has 1 atom stereocenters. The largest absolute Gasteiger partial charge is 0.326 e. The number of hydrogen-bond acceptors (Lipinski definition) is 3. The van der Waals surface area contributed by atoms with Crippen molar-refractivity contribution in [1.82, 2.24) is 4.90 Å². The Hall–Kier alpha value is 0.270. The molecule has 0 rings (SSSR count). The fraction of sp³-hybridized carbons (Fsp3) is 1.00. The second kappa shape index (κ2) is 7.53. The van der Waals surface area contributed by atoms with Gasteiger partial charge < -0.3 is 10.6 Å². The Kier molecular flexibility index (Phi) is 7.66. The minimum atomic E-state index is -0.0106. The Bertz CT molecular complexity index is 154. The third-order valence-electron chi connectivity index (χ3n) is 2.82. The van der Waals surface area contributed by atoms with E-state index in [4.69, 9.17) is 5.73 Å². The molecule has 0 spiro atoms. The Morgan fingerprint density at radius 2 is 2.00 bits per heavy atom. The fourth-order valence-electron chi connectivity index (χ4n) is 1.51. The van der Waals surface area contributed by atoms with Crippen LogP contribution in [0.25, 0.3) is 0 Å². The topological polar surface area (TPSA) is 29.3 Å². The summed E-state index contributed by atoms with van der Waals surface area (Å²) in [5.74, 6) is 1.26. The number of hydrogen-bond donors (Lipinski definition) is 1. The monoisotopic (exact) mass is 232 g/mol. The van der Waals surface area contributed by atoms with Crippen LogP contribution in [0.5, 0.6) is 0 Å². The van der Waals surface area contributed by atoms with E-state index in [-0.39, 0.29) is 5.54 Å². The van der Waals surface area contributed by atoms with Gasteiger partial charge in [0.05, 0.1) is 0 Å². The third kappa shape index (κ3) is 9.21. The molecule has 0 aromatic rings. The van der Waals surface area contributed by atoms with Gasteiger partial charge >= 0.3 is 0 Å². The van der Waals surface area contributed by atoms with Crippen molar-refractivity contribution < 1.29 is 0 Å². The predicted molar refractivity (Wildman–Crippen MR) is 72.6 cm³/mol. The fourth-order valence-corrected chi connectivity index (χ4v) is 2.09. The molecule has 0 radical (unpaired) electrons. The highest BCUT2D eigenvalue weighted by atomic mass is 32.2. The summed E-state index contributed by atoms with van der Waals surface area (Å²) in [6.45, 7) is 7.67. The highest BCUT2D eigenvalue weighted by Gasteiger charge is 2.12. The Morgan fingerprint density at radius 3 is 2.47 bits per heavy atom. The molecule has 0 saturated heterocycles. The minimum Gasteiger partial charge on any atom is -0.326 e. The highest BCUT2D eigenvalue weighted by molar-refractivity contribution is 7.98. The normalized spacial score (nSPS) is 14.6. The van der Waals surface area contributed by atoms with E-state index in [9.17, 15) is 0 Å². The van der Waals surface area contributed by atoms with E-state index in [0.29, 0.717) is 6.04 Å². The van der Waals surface area contributed by atoms with Crippen LogP contribution in [-0.2, 0) is 0 Å². The maximum absolute atomic E-state index is 5.96. The average Bonchev–Trinajstić information content (AvgIpc) is 2.11. The van der Waals surface area contributed by atoms with Crippen LogP contribution in [0.15, 0.2) is 0 Å². The molecule has 0 bridgehead atoms. The zero-order chi connectivity index (χ0) is 11.9. The second-order valence-corrected chi connectivity index (χ2v) is 6.19. The molecular formula is C12H28N2S.